The molecule has 8 nitrogen and oxygen atoms in total. The Hall–Kier alpha value is -3.62. The van der Waals surface area contributed by atoms with Crippen molar-refractivity contribution in [2.75, 3.05) is 0 Å². The second kappa shape index (κ2) is 8.02. The number of carbonyl (C=O) groups excluding carboxylic acids is 1. The van der Waals surface area contributed by atoms with Gasteiger partial charge in [-0.2, -0.15) is 9.61 Å². The van der Waals surface area contributed by atoms with Crippen molar-refractivity contribution in [1.82, 2.24) is 34.9 Å². The maximum atomic E-state index is 13.0. The normalized spacial score (nSPS) is 11.2. The van der Waals surface area contributed by atoms with Gasteiger partial charge in [-0.05, 0) is 62.6 Å². The van der Waals surface area contributed by atoms with Crippen molar-refractivity contribution < 1.29 is 9.18 Å². The molecule has 0 aliphatic carbocycles. The maximum absolute atomic E-state index is 13.0. The number of halogens is 1. The molecule has 0 radical (unpaired) electrons. The van der Waals surface area contributed by atoms with E-state index in [-0.39, 0.29) is 11.7 Å². The van der Waals surface area contributed by atoms with Crippen molar-refractivity contribution in [2.45, 2.75) is 40.2 Å². The topological polar surface area (TPSA) is 90.0 Å². The van der Waals surface area contributed by atoms with Crippen LogP contribution in [0.5, 0.6) is 0 Å². The maximum Gasteiger partial charge on any atom is 0.220 e. The molecule has 154 valence electrons. The van der Waals surface area contributed by atoms with Crippen LogP contribution in [0.2, 0.25) is 0 Å². The molecule has 0 fully saturated rings. The standard InChI is InChI=1S/C21H22FN7O/c1-13-18(8-11-21(30)23-12-16-4-6-17(22)7-5-16)14(2)28(26-13)20-10-9-19-25-24-15(3)29(19)27-20/h4-7,9-10H,8,11-12H2,1-3H3,(H,23,30). The Morgan fingerprint density at radius 2 is 1.80 bits per heavy atom. The molecule has 4 aromatic rings. The molecule has 0 saturated heterocycles. The molecule has 3 heterocycles. The van der Waals surface area contributed by atoms with E-state index in [2.05, 4.69) is 25.7 Å². The number of benzene rings is 1. The average Bonchev–Trinajstić information content (AvgIpc) is 3.25. The highest BCUT2D eigenvalue weighted by atomic mass is 19.1. The number of hydrogen-bond acceptors (Lipinski definition) is 5. The van der Waals surface area contributed by atoms with Crippen LogP contribution in [-0.4, -0.2) is 35.5 Å². The van der Waals surface area contributed by atoms with Gasteiger partial charge in [0.05, 0.1) is 5.69 Å². The minimum atomic E-state index is -0.291. The van der Waals surface area contributed by atoms with Crippen LogP contribution in [-0.2, 0) is 17.8 Å². The van der Waals surface area contributed by atoms with Crippen LogP contribution < -0.4 is 5.32 Å². The molecule has 3 aromatic heterocycles. The fraction of sp³-hybridized carbons (Fsp3) is 0.286. The summed E-state index contributed by atoms with van der Waals surface area (Å²) in [5.74, 6) is 1.01. The summed E-state index contributed by atoms with van der Waals surface area (Å²) < 4.78 is 16.4. The summed E-state index contributed by atoms with van der Waals surface area (Å²) in [7, 11) is 0. The molecule has 0 aliphatic rings. The Morgan fingerprint density at radius 3 is 2.57 bits per heavy atom. The molecule has 9 heteroatoms. The number of nitrogens with zero attached hydrogens (tertiary/aromatic N) is 6. The summed E-state index contributed by atoms with van der Waals surface area (Å²) >= 11 is 0. The molecule has 1 amide bonds. The van der Waals surface area contributed by atoms with Crippen LogP contribution in [0.4, 0.5) is 4.39 Å². The summed E-state index contributed by atoms with van der Waals surface area (Å²) in [6, 6.07) is 9.79. The second-order valence-electron chi connectivity index (χ2n) is 7.17. The zero-order valence-corrected chi connectivity index (χ0v) is 17.1. The number of fused-ring (bicyclic) bond motifs is 1. The van der Waals surface area contributed by atoms with E-state index < -0.39 is 0 Å². The van der Waals surface area contributed by atoms with Crippen molar-refractivity contribution in [3.8, 4) is 5.82 Å². The molecule has 0 unspecified atom stereocenters. The Labute approximate surface area is 172 Å². The Balaban J connectivity index is 1.44. The van der Waals surface area contributed by atoms with E-state index in [1.165, 1.54) is 12.1 Å². The summed E-state index contributed by atoms with van der Waals surface area (Å²) in [6.07, 6.45) is 0.909. The van der Waals surface area contributed by atoms with E-state index in [4.69, 9.17) is 0 Å². The van der Waals surface area contributed by atoms with Crippen molar-refractivity contribution in [2.24, 2.45) is 0 Å². The van der Waals surface area contributed by atoms with Crippen molar-refractivity contribution in [1.29, 1.82) is 0 Å². The molecule has 0 bridgehead atoms. The first kappa shape index (κ1) is 19.7. The predicted octanol–water partition coefficient (Wildman–Crippen LogP) is 2.62. The third-order valence-corrected chi connectivity index (χ3v) is 5.07. The van der Waals surface area contributed by atoms with Gasteiger partial charge < -0.3 is 5.32 Å². The van der Waals surface area contributed by atoms with Gasteiger partial charge in [0.2, 0.25) is 5.91 Å². The van der Waals surface area contributed by atoms with Crippen molar-refractivity contribution in [3.05, 3.63) is 70.6 Å². The number of aryl methyl sites for hydroxylation is 2. The van der Waals surface area contributed by atoms with Gasteiger partial charge in [0, 0.05) is 18.7 Å². The number of aromatic nitrogens is 6. The third-order valence-electron chi connectivity index (χ3n) is 5.07. The van der Waals surface area contributed by atoms with Crippen LogP contribution in [0.25, 0.3) is 11.5 Å². The minimum absolute atomic E-state index is 0.0643. The highest BCUT2D eigenvalue weighted by Gasteiger charge is 2.16. The molecular formula is C21H22FN7O. The van der Waals surface area contributed by atoms with Gasteiger partial charge >= 0.3 is 0 Å². The monoisotopic (exact) mass is 407 g/mol. The molecule has 0 atom stereocenters. The van der Waals surface area contributed by atoms with Gasteiger partial charge in [0.1, 0.15) is 5.82 Å². The Morgan fingerprint density at radius 1 is 1.03 bits per heavy atom. The molecule has 1 N–H and O–H groups in total. The SMILES string of the molecule is Cc1nn(-c2ccc3nnc(C)n3n2)c(C)c1CCC(=O)NCc1ccc(F)cc1. The number of rotatable bonds is 6. The van der Waals surface area contributed by atoms with Gasteiger partial charge in [0.15, 0.2) is 17.3 Å². The van der Waals surface area contributed by atoms with E-state index in [0.717, 1.165) is 22.5 Å². The first-order chi connectivity index (χ1) is 14.4. The van der Waals surface area contributed by atoms with Crippen LogP contribution in [0.3, 0.4) is 0 Å². The summed E-state index contributed by atoms with van der Waals surface area (Å²) in [4.78, 5) is 12.3. The molecule has 0 spiro atoms. The van der Waals surface area contributed by atoms with E-state index in [9.17, 15) is 9.18 Å². The third kappa shape index (κ3) is 3.91. The molecule has 30 heavy (non-hydrogen) atoms. The van der Waals surface area contributed by atoms with Gasteiger partial charge in [0.25, 0.3) is 0 Å². The van der Waals surface area contributed by atoms with E-state index in [1.54, 1.807) is 21.3 Å². The summed E-state index contributed by atoms with van der Waals surface area (Å²) in [5, 5.41) is 20.1. The van der Waals surface area contributed by atoms with Crippen molar-refractivity contribution in [3.63, 3.8) is 0 Å². The van der Waals surface area contributed by atoms with Crippen LogP contribution in [0.1, 0.15) is 34.8 Å². The van der Waals surface area contributed by atoms with E-state index >= 15 is 0 Å². The molecule has 0 aliphatic heterocycles. The highest BCUT2D eigenvalue weighted by molar-refractivity contribution is 5.76. The fourth-order valence-corrected chi connectivity index (χ4v) is 3.39. The Bertz CT molecular complexity index is 1210. The molecule has 4 rings (SSSR count). The zero-order valence-electron chi connectivity index (χ0n) is 17.1. The van der Waals surface area contributed by atoms with Crippen molar-refractivity contribution >= 4 is 11.6 Å². The largest absolute Gasteiger partial charge is 0.352 e. The van der Waals surface area contributed by atoms with Gasteiger partial charge in [-0.15, -0.1) is 15.3 Å². The molecular weight excluding hydrogens is 385 g/mol. The fourth-order valence-electron chi connectivity index (χ4n) is 3.39. The lowest BCUT2D eigenvalue weighted by Crippen LogP contribution is -2.23. The minimum Gasteiger partial charge on any atom is -0.352 e. The number of hydrogen-bond donors (Lipinski definition) is 1. The van der Waals surface area contributed by atoms with Gasteiger partial charge in [-0.1, -0.05) is 12.1 Å². The number of carbonyl (C=O) groups is 1. The van der Waals surface area contributed by atoms with Crippen LogP contribution in [0, 0.1) is 26.6 Å². The lowest BCUT2D eigenvalue weighted by atomic mass is 10.1. The lowest BCUT2D eigenvalue weighted by molar-refractivity contribution is -0.121. The first-order valence-electron chi connectivity index (χ1n) is 9.68. The number of nitrogens with one attached hydrogen (secondary N) is 1. The second-order valence-corrected chi connectivity index (χ2v) is 7.17. The van der Waals surface area contributed by atoms with Gasteiger partial charge in [-0.3, -0.25) is 4.79 Å². The average molecular weight is 407 g/mol. The van der Waals surface area contributed by atoms with Crippen LogP contribution in [0.15, 0.2) is 36.4 Å². The summed E-state index contributed by atoms with van der Waals surface area (Å²) in [6.45, 7) is 6.11. The van der Waals surface area contributed by atoms with Crippen LogP contribution >= 0.6 is 0 Å². The lowest BCUT2D eigenvalue weighted by Gasteiger charge is -2.07. The number of amides is 1. The summed E-state index contributed by atoms with van der Waals surface area (Å²) in [5.41, 5.74) is 4.36. The zero-order chi connectivity index (χ0) is 21.3. The quantitative estimate of drug-likeness (QED) is 0.531. The predicted molar refractivity (Wildman–Crippen MR) is 109 cm³/mol. The Kier molecular flexibility index (Phi) is 5.26. The first-order valence-corrected chi connectivity index (χ1v) is 9.68. The smallest absolute Gasteiger partial charge is 0.220 e. The molecule has 1 aromatic carbocycles. The highest BCUT2D eigenvalue weighted by Crippen LogP contribution is 2.19. The van der Waals surface area contributed by atoms with E-state index in [1.807, 2.05) is 32.9 Å². The van der Waals surface area contributed by atoms with E-state index in [0.29, 0.717) is 36.7 Å². The van der Waals surface area contributed by atoms with Gasteiger partial charge in [-0.25, -0.2) is 9.07 Å². The molecule has 0 saturated carbocycles.